The highest BCUT2D eigenvalue weighted by atomic mass is 19.2. The molecule has 2 aromatic carbocycles. The Morgan fingerprint density at radius 2 is 1.37 bits per heavy atom. The summed E-state index contributed by atoms with van der Waals surface area (Å²) in [6.07, 6.45) is 16.2. The van der Waals surface area contributed by atoms with E-state index in [9.17, 15) is 36.7 Å². The number of pyridine rings is 3. The highest BCUT2D eigenvalue weighted by molar-refractivity contribution is 5.89. The third-order valence-corrected chi connectivity index (χ3v) is 11.3. The molecule has 2 N–H and O–H groups in total. The molecule has 3 aliphatic rings. The highest BCUT2D eigenvalue weighted by Crippen LogP contribution is 2.42. The van der Waals surface area contributed by atoms with Crippen LogP contribution in [0.1, 0.15) is 48.2 Å². The first-order valence-electron chi connectivity index (χ1n) is 19.1. The van der Waals surface area contributed by atoms with Crippen molar-refractivity contribution in [2.75, 3.05) is 13.1 Å². The zero-order valence-corrected chi connectivity index (χ0v) is 32.7. The number of hydrogen-bond donors (Lipinski definition) is 2. The maximum absolute atomic E-state index is 14.4. The summed E-state index contributed by atoms with van der Waals surface area (Å²) in [6.45, 7) is 5.93. The van der Waals surface area contributed by atoms with Crippen molar-refractivity contribution < 1.29 is 30.0 Å². The van der Waals surface area contributed by atoms with Gasteiger partial charge in [-0.3, -0.25) is 24.2 Å². The lowest BCUT2D eigenvalue weighted by atomic mass is 9.98. The maximum atomic E-state index is 14.4. The smallest absolute Gasteiger partial charge is 0.252 e. The van der Waals surface area contributed by atoms with Gasteiger partial charge in [-0.2, -0.15) is 0 Å². The van der Waals surface area contributed by atoms with Crippen LogP contribution in [0.4, 0.5) is 17.6 Å². The van der Waals surface area contributed by atoms with Gasteiger partial charge < -0.3 is 19.8 Å². The first kappa shape index (κ1) is 39.8. The van der Waals surface area contributed by atoms with E-state index < -0.39 is 34.4 Å². The SMILES string of the molecule is Cc1c(CC(=O)N2C=CC=C(c3cncnc3)C2)c(=O)[nH]c2ccc(F)c(F)c12.Cc1cncc(C2=CC3CC2N(C(=O)Cc2c(C)c4c(F)c(F)ccc4[nH]c2=O)C3)c1.[HH].[HH]. The molecule has 0 radical (unpaired) electrons. The summed E-state index contributed by atoms with van der Waals surface area (Å²) < 4.78 is 56.1. The minimum absolute atomic E-state index is 0. The van der Waals surface area contributed by atoms with E-state index >= 15 is 0 Å². The third kappa shape index (κ3) is 7.42. The number of carbonyl (C=O) groups excluding carboxylic acids is 2. The van der Waals surface area contributed by atoms with Crippen LogP contribution in [0.2, 0.25) is 0 Å². The number of allylic oxidation sites excluding steroid dienone is 2. The van der Waals surface area contributed by atoms with Crippen LogP contribution in [-0.4, -0.2) is 65.7 Å². The largest absolute Gasteiger partial charge is 0.335 e. The predicted molar refractivity (Wildman–Crippen MR) is 222 cm³/mol. The van der Waals surface area contributed by atoms with Gasteiger partial charge in [0.2, 0.25) is 11.8 Å². The van der Waals surface area contributed by atoms with Gasteiger partial charge in [0.05, 0.1) is 36.5 Å². The van der Waals surface area contributed by atoms with Crippen LogP contribution in [-0.2, 0) is 22.4 Å². The van der Waals surface area contributed by atoms with Crippen molar-refractivity contribution in [3.8, 4) is 0 Å². The molecular weight excluding hydrogens is 779 g/mol. The number of nitrogens with one attached hydrogen (secondary N) is 2. The molecular formula is C45H41F4N7O4. The molecule has 2 atom stereocenters. The lowest BCUT2D eigenvalue weighted by molar-refractivity contribution is -0.130. The van der Waals surface area contributed by atoms with E-state index in [2.05, 4.69) is 37.1 Å². The first-order chi connectivity index (χ1) is 28.8. The summed E-state index contributed by atoms with van der Waals surface area (Å²) in [6, 6.07) is 6.57. The number of rotatable bonds is 6. The second kappa shape index (κ2) is 16.0. The van der Waals surface area contributed by atoms with Gasteiger partial charge in [-0.1, -0.05) is 12.2 Å². The van der Waals surface area contributed by atoms with Gasteiger partial charge in [0.25, 0.3) is 11.1 Å². The van der Waals surface area contributed by atoms with E-state index in [1.807, 2.05) is 13.0 Å². The Balaban J connectivity index is 0.000000201. The summed E-state index contributed by atoms with van der Waals surface area (Å²) in [5.74, 6) is -4.32. The molecule has 60 heavy (non-hydrogen) atoms. The van der Waals surface area contributed by atoms with Crippen LogP contribution < -0.4 is 11.1 Å². The van der Waals surface area contributed by atoms with Crippen molar-refractivity contribution in [3.63, 3.8) is 0 Å². The molecule has 4 aromatic heterocycles. The number of carbonyl (C=O) groups is 2. The summed E-state index contributed by atoms with van der Waals surface area (Å²) in [5, 5.41) is -0.0135. The normalized spacial score (nSPS) is 16.9. The van der Waals surface area contributed by atoms with Gasteiger partial charge in [0, 0.05) is 67.8 Å². The lowest BCUT2D eigenvalue weighted by Crippen LogP contribution is -2.39. The topological polar surface area (TPSA) is 145 Å². The van der Waals surface area contributed by atoms with E-state index in [0.29, 0.717) is 12.1 Å². The average molecular weight is 820 g/mol. The van der Waals surface area contributed by atoms with Crippen molar-refractivity contribution in [2.45, 2.75) is 46.1 Å². The van der Waals surface area contributed by atoms with Crippen LogP contribution in [0, 0.1) is 50.0 Å². The van der Waals surface area contributed by atoms with Crippen molar-refractivity contribution in [1.29, 1.82) is 0 Å². The second-order valence-corrected chi connectivity index (χ2v) is 15.1. The van der Waals surface area contributed by atoms with Crippen LogP contribution in [0.15, 0.2) is 95.5 Å². The fourth-order valence-corrected chi connectivity index (χ4v) is 8.31. The average Bonchev–Trinajstić information content (AvgIpc) is 3.86. The highest BCUT2D eigenvalue weighted by Gasteiger charge is 2.42. The number of amides is 2. The van der Waals surface area contributed by atoms with E-state index in [0.717, 1.165) is 46.4 Å². The second-order valence-electron chi connectivity index (χ2n) is 15.1. The molecule has 308 valence electrons. The molecule has 1 fully saturated rings. The molecule has 0 saturated carbocycles. The number of nitrogens with zero attached hydrogens (tertiary/aromatic N) is 5. The van der Waals surface area contributed by atoms with E-state index in [-0.39, 0.29) is 84.5 Å². The van der Waals surface area contributed by atoms with Gasteiger partial charge >= 0.3 is 0 Å². The maximum Gasteiger partial charge on any atom is 0.252 e. The zero-order chi connectivity index (χ0) is 42.4. The molecule has 6 aromatic rings. The third-order valence-electron chi connectivity index (χ3n) is 11.3. The molecule has 11 nitrogen and oxygen atoms in total. The van der Waals surface area contributed by atoms with Gasteiger partial charge in [-0.05, 0) is 103 Å². The number of benzene rings is 2. The Morgan fingerprint density at radius 1 is 0.783 bits per heavy atom. The van der Waals surface area contributed by atoms with Crippen molar-refractivity contribution in [2.24, 2.45) is 5.92 Å². The molecule has 1 aliphatic carbocycles. The molecule has 2 amide bonds. The number of fused-ring (bicyclic) bond motifs is 4. The summed E-state index contributed by atoms with van der Waals surface area (Å²) in [7, 11) is 0. The Kier molecular flexibility index (Phi) is 10.6. The Hall–Kier alpha value is -7.03. The predicted octanol–water partition coefficient (Wildman–Crippen LogP) is 7.05. The van der Waals surface area contributed by atoms with Crippen LogP contribution in [0.25, 0.3) is 33.0 Å². The summed E-state index contributed by atoms with van der Waals surface area (Å²) in [5.41, 5.74) is 5.05. The number of aromatic amines is 2. The zero-order valence-electron chi connectivity index (χ0n) is 32.7. The summed E-state index contributed by atoms with van der Waals surface area (Å²) in [4.78, 5) is 71.7. The number of aromatic nitrogens is 5. The Labute approximate surface area is 342 Å². The van der Waals surface area contributed by atoms with Crippen molar-refractivity contribution in [1.82, 2.24) is 34.7 Å². The van der Waals surface area contributed by atoms with Crippen molar-refractivity contribution in [3.05, 3.63) is 169 Å². The summed E-state index contributed by atoms with van der Waals surface area (Å²) >= 11 is 0. The number of likely N-dealkylation sites (tertiary alicyclic amines) is 1. The van der Waals surface area contributed by atoms with E-state index in [1.54, 1.807) is 48.9 Å². The van der Waals surface area contributed by atoms with Gasteiger partial charge in [-0.15, -0.1) is 0 Å². The first-order valence-corrected chi connectivity index (χ1v) is 19.1. The molecule has 0 spiro atoms. The van der Waals surface area contributed by atoms with Crippen LogP contribution in [0.5, 0.6) is 0 Å². The van der Waals surface area contributed by atoms with Crippen LogP contribution >= 0.6 is 0 Å². The molecule has 2 bridgehead atoms. The van der Waals surface area contributed by atoms with Crippen LogP contribution in [0.3, 0.4) is 0 Å². The quantitative estimate of drug-likeness (QED) is 0.171. The fourth-order valence-electron chi connectivity index (χ4n) is 8.31. The standard InChI is InChI=1S/C24H21F2N3O2.C21H16F2N4O2.2H2/c1-12-5-15(10-27-9-12)17-6-14-7-20(17)29(11-14)21(30)8-16-13(2)22-19(28-24(16)31)4-3-18(25)23(22)26;1-12-15(21(29)26-17-5-4-16(22)20(23)19(12)17)7-18(28)27-6-2-3-13(10-27)14-8-24-11-25-9-14;;/h3-6,9-10,14,20H,7-8,11H2,1-2H3,(H,28,31);2-6,8-9,11H,7,10H2,1H3,(H,26,29);2*1H. The lowest BCUT2D eigenvalue weighted by Gasteiger charge is -2.29. The van der Waals surface area contributed by atoms with E-state index in [1.165, 1.54) is 30.3 Å². The fraction of sp³-hybridized carbons (Fsp3) is 0.222. The minimum atomic E-state index is -1.04. The number of halogens is 4. The molecule has 2 aliphatic heterocycles. The molecule has 1 saturated heterocycles. The molecule has 9 rings (SSSR count). The van der Waals surface area contributed by atoms with Crippen molar-refractivity contribution >= 4 is 44.8 Å². The molecule has 15 heteroatoms. The van der Waals surface area contributed by atoms with E-state index in [4.69, 9.17) is 0 Å². The minimum Gasteiger partial charge on any atom is -0.335 e. The molecule has 6 heterocycles. The Morgan fingerprint density at radius 3 is 1.95 bits per heavy atom. The van der Waals surface area contributed by atoms with Gasteiger partial charge in [-0.25, -0.2) is 27.5 Å². The van der Waals surface area contributed by atoms with Gasteiger partial charge in [0.1, 0.15) is 6.33 Å². The number of H-pyrrole nitrogens is 2. The monoisotopic (exact) mass is 819 g/mol. The molecule has 2 unspecified atom stereocenters. The Bertz CT molecular complexity index is 2970. The van der Waals surface area contributed by atoms with Gasteiger partial charge in [0.15, 0.2) is 23.3 Å². The number of hydrogen-bond acceptors (Lipinski definition) is 7. The number of aryl methyl sites for hydroxylation is 3.